The maximum absolute atomic E-state index is 2.31. The van der Waals surface area contributed by atoms with Gasteiger partial charge in [-0.3, -0.25) is 0 Å². The first kappa shape index (κ1) is 9.76. The Kier molecular flexibility index (Phi) is 2.90. The monoisotopic (exact) mass is 188 g/mol. The Balaban J connectivity index is 1.96. The molecule has 1 saturated carbocycles. The van der Waals surface area contributed by atoms with Gasteiger partial charge in [0.15, 0.2) is 0 Å². The summed E-state index contributed by atoms with van der Waals surface area (Å²) in [6.45, 7) is 4.52. The molecule has 0 radical (unpaired) electrons. The van der Waals surface area contributed by atoms with Crippen LogP contribution in [0.5, 0.6) is 0 Å². The van der Waals surface area contributed by atoms with Gasteiger partial charge in [-0.15, -0.1) is 0 Å². The molecule has 0 aliphatic heterocycles. The van der Waals surface area contributed by atoms with Crippen molar-refractivity contribution in [2.45, 2.75) is 45.4 Å². The normalized spacial score (nSPS) is 25.0. The lowest BCUT2D eigenvalue weighted by Crippen LogP contribution is -1.87. The predicted molar refractivity (Wildman–Crippen MR) is 61.6 cm³/mol. The van der Waals surface area contributed by atoms with Gasteiger partial charge in [0, 0.05) is 0 Å². The molecule has 1 fully saturated rings. The lowest BCUT2D eigenvalue weighted by atomic mass is 10.0. The minimum absolute atomic E-state index is 0.891. The van der Waals surface area contributed by atoms with Crippen LogP contribution in [0, 0.1) is 12.8 Å². The topological polar surface area (TPSA) is 0 Å². The van der Waals surface area contributed by atoms with Crippen LogP contribution in [0.1, 0.15) is 49.7 Å². The second-order valence-corrected chi connectivity index (χ2v) is 4.60. The second kappa shape index (κ2) is 4.16. The molecule has 14 heavy (non-hydrogen) atoms. The van der Waals surface area contributed by atoms with Crippen molar-refractivity contribution in [2.24, 2.45) is 5.92 Å². The highest BCUT2D eigenvalue weighted by Crippen LogP contribution is 2.50. The van der Waals surface area contributed by atoms with Crippen molar-refractivity contribution in [3.05, 3.63) is 35.4 Å². The van der Waals surface area contributed by atoms with Crippen molar-refractivity contribution in [1.82, 2.24) is 0 Å². The van der Waals surface area contributed by atoms with Gasteiger partial charge < -0.3 is 0 Å². The number of hydrogen-bond donors (Lipinski definition) is 0. The van der Waals surface area contributed by atoms with Gasteiger partial charge in [0.1, 0.15) is 0 Å². The predicted octanol–water partition coefficient (Wildman–Crippen LogP) is 4.29. The fourth-order valence-corrected chi connectivity index (χ4v) is 2.42. The molecule has 1 aromatic carbocycles. The summed E-state index contributed by atoms with van der Waals surface area (Å²) >= 11 is 0. The number of hydrogen-bond acceptors (Lipinski definition) is 0. The zero-order valence-electron chi connectivity index (χ0n) is 9.29. The number of aryl methyl sites for hydroxylation is 1. The highest BCUT2D eigenvalue weighted by Gasteiger charge is 2.37. The SMILES string of the molecule is CCCC[C@H]1C[C@@H]1c1ccccc1C. The minimum Gasteiger partial charge on any atom is -0.0654 e. The van der Waals surface area contributed by atoms with Gasteiger partial charge in [-0.25, -0.2) is 0 Å². The van der Waals surface area contributed by atoms with Crippen LogP contribution in [-0.2, 0) is 0 Å². The first-order valence-electron chi connectivity index (χ1n) is 5.88. The quantitative estimate of drug-likeness (QED) is 0.661. The molecule has 1 aliphatic carbocycles. The van der Waals surface area contributed by atoms with Crippen LogP contribution in [0.15, 0.2) is 24.3 Å². The standard InChI is InChI=1S/C14H20/c1-3-4-8-12-10-14(12)13-9-6-5-7-11(13)2/h5-7,9,12,14H,3-4,8,10H2,1-2H3/t12-,14-/m0/s1. The summed E-state index contributed by atoms with van der Waals surface area (Å²) in [4.78, 5) is 0. The minimum atomic E-state index is 0.891. The third kappa shape index (κ3) is 2.00. The van der Waals surface area contributed by atoms with E-state index in [-0.39, 0.29) is 0 Å². The molecule has 2 rings (SSSR count). The summed E-state index contributed by atoms with van der Waals surface area (Å²) < 4.78 is 0. The van der Waals surface area contributed by atoms with Crippen LogP contribution >= 0.6 is 0 Å². The Morgan fingerprint density at radius 2 is 2.07 bits per heavy atom. The van der Waals surface area contributed by atoms with E-state index >= 15 is 0 Å². The molecule has 0 heterocycles. The second-order valence-electron chi connectivity index (χ2n) is 4.60. The third-order valence-electron chi connectivity index (χ3n) is 3.44. The van der Waals surface area contributed by atoms with E-state index in [2.05, 4.69) is 38.1 Å². The molecule has 0 nitrogen and oxygen atoms in total. The maximum Gasteiger partial charge on any atom is -0.0128 e. The number of rotatable bonds is 4. The maximum atomic E-state index is 2.31. The summed E-state index contributed by atoms with van der Waals surface area (Å²) in [6.07, 6.45) is 5.63. The first-order chi connectivity index (χ1) is 6.83. The highest BCUT2D eigenvalue weighted by molar-refractivity contribution is 5.33. The molecule has 2 atom stereocenters. The van der Waals surface area contributed by atoms with E-state index in [1.165, 1.54) is 31.2 Å². The van der Waals surface area contributed by atoms with Crippen LogP contribution in [0.4, 0.5) is 0 Å². The van der Waals surface area contributed by atoms with E-state index in [9.17, 15) is 0 Å². The molecule has 0 bridgehead atoms. The van der Waals surface area contributed by atoms with Gasteiger partial charge in [0.05, 0.1) is 0 Å². The fraction of sp³-hybridized carbons (Fsp3) is 0.571. The zero-order valence-corrected chi connectivity index (χ0v) is 9.29. The molecular formula is C14H20. The van der Waals surface area contributed by atoms with E-state index < -0.39 is 0 Å². The lowest BCUT2D eigenvalue weighted by Gasteiger charge is -2.04. The van der Waals surface area contributed by atoms with Crippen molar-refractivity contribution in [3.8, 4) is 0 Å². The van der Waals surface area contributed by atoms with Crippen molar-refractivity contribution >= 4 is 0 Å². The summed E-state index contributed by atoms with van der Waals surface area (Å²) in [7, 11) is 0. The Morgan fingerprint density at radius 1 is 1.29 bits per heavy atom. The Hall–Kier alpha value is -0.780. The molecule has 0 N–H and O–H groups in total. The smallest absolute Gasteiger partial charge is 0.0128 e. The van der Waals surface area contributed by atoms with Gasteiger partial charge in [-0.05, 0) is 42.7 Å². The molecule has 76 valence electrons. The summed E-state index contributed by atoms with van der Waals surface area (Å²) in [5.41, 5.74) is 3.09. The van der Waals surface area contributed by atoms with Gasteiger partial charge in [0.2, 0.25) is 0 Å². The van der Waals surface area contributed by atoms with Gasteiger partial charge >= 0.3 is 0 Å². The molecule has 0 saturated heterocycles. The molecule has 0 unspecified atom stereocenters. The molecule has 1 aromatic rings. The lowest BCUT2D eigenvalue weighted by molar-refractivity contribution is 0.639. The Labute approximate surface area is 87.3 Å². The van der Waals surface area contributed by atoms with Crippen LogP contribution < -0.4 is 0 Å². The van der Waals surface area contributed by atoms with E-state index in [0.717, 1.165) is 11.8 Å². The van der Waals surface area contributed by atoms with Crippen molar-refractivity contribution < 1.29 is 0 Å². The fourth-order valence-electron chi connectivity index (χ4n) is 2.42. The molecule has 0 aromatic heterocycles. The number of benzene rings is 1. The Morgan fingerprint density at radius 3 is 2.79 bits per heavy atom. The molecule has 0 amide bonds. The highest BCUT2D eigenvalue weighted by atomic mass is 14.4. The van der Waals surface area contributed by atoms with Crippen LogP contribution in [-0.4, -0.2) is 0 Å². The van der Waals surface area contributed by atoms with Gasteiger partial charge in [-0.1, -0.05) is 44.0 Å². The molecule has 1 aliphatic rings. The molecular weight excluding hydrogens is 168 g/mol. The molecule has 0 spiro atoms. The summed E-state index contributed by atoms with van der Waals surface area (Å²) in [5.74, 6) is 1.89. The third-order valence-corrected chi connectivity index (χ3v) is 3.44. The van der Waals surface area contributed by atoms with Crippen LogP contribution in [0.25, 0.3) is 0 Å². The van der Waals surface area contributed by atoms with E-state index in [4.69, 9.17) is 0 Å². The average Bonchev–Trinajstić information content (AvgIpc) is 2.95. The zero-order chi connectivity index (χ0) is 9.97. The van der Waals surface area contributed by atoms with E-state index in [1.807, 2.05) is 0 Å². The van der Waals surface area contributed by atoms with Crippen molar-refractivity contribution in [3.63, 3.8) is 0 Å². The van der Waals surface area contributed by atoms with Crippen LogP contribution in [0.3, 0.4) is 0 Å². The largest absolute Gasteiger partial charge is 0.0654 e. The number of unbranched alkanes of at least 4 members (excludes halogenated alkanes) is 1. The van der Waals surface area contributed by atoms with E-state index in [0.29, 0.717) is 0 Å². The van der Waals surface area contributed by atoms with Gasteiger partial charge in [-0.2, -0.15) is 0 Å². The summed E-state index contributed by atoms with van der Waals surface area (Å²) in [6, 6.07) is 8.87. The summed E-state index contributed by atoms with van der Waals surface area (Å²) in [5, 5.41) is 0. The molecule has 0 heteroatoms. The van der Waals surface area contributed by atoms with Crippen molar-refractivity contribution in [2.75, 3.05) is 0 Å². The van der Waals surface area contributed by atoms with E-state index in [1.54, 1.807) is 5.56 Å². The van der Waals surface area contributed by atoms with Gasteiger partial charge in [0.25, 0.3) is 0 Å². The first-order valence-corrected chi connectivity index (χ1v) is 5.88. The van der Waals surface area contributed by atoms with Crippen molar-refractivity contribution in [1.29, 1.82) is 0 Å². The van der Waals surface area contributed by atoms with Crippen LogP contribution in [0.2, 0.25) is 0 Å². The Bertz CT molecular complexity index is 301. The average molecular weight is 188 g/mol.